The molecule has 1 amide bonds. The molecule has 0 unspecified atom stereocenters. The molecule has 2 aromatic carbocycles. The zero-order chi connectivity index (χ0) is 18.8. The topological polar surface area (TPSA) is 105 Å². The lowest BCUT2D eigenvalue weighted by Gasteiger charge is -2.00. The Morgan fingerprint density at radius 3 is 2.50 bits per heavy atom. The fourth-order valence-electron chi connectivity index (χ4n) is 2.55. The molecular weight excluding hydrogens is 354 g/mol. The number of carbonyl (C=O) groups excluding carboxylic acids is 1. The summed E-state index contributed by atoms with van der Waals surface area (Å²) in [6, 6.07) is 9.79. The Labute approximate surface area is 153 Å². The van der Waals surface area contributed by atoms with Gasteiger partial charge in [0.25, 0.3) is 5.91 Å². The Hall–Kier alpha value is -3.13. The van der Waals surface area contributed by atoms with E-state index >= 15 is 0 Å². The number of hydrogen-bond donors (Lipinski definition) is 2. The van der Waals surface area contributed by atoms with Crippen LogP contribution >= 0.6 is 11.8 Å². The first-order valence-electron chi connectivity index (χ1n) is 7.67. The first-order chi connectivity index (χ1) is 12.3. The van der Waals surface area contributed by atoms with E-state index in [9.17, 15) is 20.0 Å². The van der Waals surface area contributed by atoms with E-state index in [1.807, 2.05) is 32.0 Å². The number of hydrogen-bond acceptors (Lipinski definition) is 6. The summed E-state index contributed by atoms with van der Waals surface area (Å²) in [5.41, 5.74) is 3.01. The Kier molecular flexibility index (Phi) is 4.77. The number of carbonyl (C=O) groups is 1. The third-order valence-electron chi connectivity index (χ3n) is 3.58. The highest BCUT2D eigenvalue weighted by Crippen LogP contribution is 2.31. The number of aryl methyl sites for hydroxylation is 2. The Bertz CT molecular complexity index is 962. The first kappa shape index (κ1) is 17.7. The third-order valence-corrected chi connectivity index (χ3v) is 4.49. The van der Waals surface area contributed by atoms with Gasteiger partial charge in [0, 0.05) is 6.07 Å². The lowest BCUT2D eigenvalue weighted by molar-refractivity contribution is -0.385. The highest BCUT2D eigenvalue weighted by molar-refractivity contribution is 8.18. The molecule has 8 heteroatoms. The fraction of sp³-hybridized carbons (Fsp3) is 0.111. The predicted molar refractivity (Wildman–Crippen MR) is 101 cm³/mol. The molecule has 0 saturated carbocycles. The molecule has 0 atom stereocenters. The number of aliphatic imine (C=N–C) groups is 1. The van der Waals surface area contributed by atoms with E-state index in [1.54, 1.807) is 6.08 Å². The zero-order valence-electron chi connectivity index (χ0n) is 14.0. The van der Waals surface area contributed by atoms with Crippen LogP contribution in [0.3, 0.4) is 0 Å². The molecule has 7 nitrogen and oxygen atoms in total. The number of phenolic OH excluding ortho intramolecular Hbond substituents is 1. The molecule has 1 aliphatic heterocycles. The second-order valence-electron chi connectivity index (χ2n) is 5.83. The maximum Gasteiger partial charge on any atom is 0.310 e. The van der Waals surface area contributed by atoms with E-state index < -0.39 is 10.7 Å². The predicted octanol–water partition coefficient (Wildman–Crippen LogP) is 3.81. The van der Waals surface area contributed by atoms with Gasteiger partial charge in [0.15, 0.2) is 10.9 Å². The van der Waals surface area contributed by atoms with Gasteiger partial charge in [-0.2, -0.15) is 0 Å². The summed E-state index contributed by atoms with van der Waals surface area (Å²) < 4.78 is 0. The number of rotatable bonds is 3. The van der Waals surface area contributed by atoms with Crippen LogP contribution in [-0.2, 0) is 4.79 Å². The van der Waals surface area contributed by atoms with Gasteiger partial charge in [0.05, 0.1) is 15.5 Å². The first-order valence-corrected chi connectivity index (χ1v) is 8.49. The van der Waals surface area contributed by atoms with Crippen LogP contribution in [0.15, 0.2) is 46.3 Å². The van der Waals surface area contributed by atoms with E-state index in [1.165, 1.54) is 30.0 Å². The van der Waals surface area contributed by atoms with Gasteiger partial charge in [-0.05, 0) is 72.6 Å². The van der Waals surface area contributed by atoms with Crippen molar-refractivity contribution in [2.24, 2.45) is 4.99 Å². The van der Waals surface area contributed by atoms with Crippen molar-refractivity contribution in [1.82, 2.24) is 5.32 Å². The minimum Gasteiger partial charge on any atom is -0.502 e. The average Bonchev–Trinajstić information content (AvgIpc) is 2.85. The average molecular weight is 369 g/mol. The number of nitro groups is 1. The van der Waals surface area contributed by atoms with Crippen LogP contribution in [0.25, 0.3) is 6.08 Å². The molecule has 0 spiro atoms. The van der Waals surface area contributed by atoms with E-state index in [-0.39, 0.29) is 11.6 Å². The van der Waals surface area contributed by atoms with Gasteiger partial charge in [-0.3, -0.25) is 14.9 Å². The second-order valence-corrected chi connectivity index (χ2v) is 6.86. The molecule has 132 valence electrons. The van der Waals surface area contributed by atoms with Gasteiger partial charge in [-0.15, -0.1) is 0 Å². The summed E-state index contributed by atoms with van der Waals surface area (Å²) in [6.45, 7) is 3.95. The number of aromatic hydroxyl groups is 1. The van der Waals surface area contributed by atoms with Crippen molar-refractivity contribution < 1.29 is 14.8 Å². The van der Waals surface area contributed by atoms with Gasteiger partial charge < -0.3 is 10.4 Å². The van der Waals surface area contributed by atoms with Crippen molar-refractivity contribution in [2.75, 3.05) is 0 Å². The van der Waals surface area contributed by atoms with Gasteiger partial charge in [0.1, 0.15) is 0 Å². The van der Waals surface area contributed by atoms with Crippen molar-refractivity contribution >= 4 is 40.3 Å². The summed E-state index contributed by atoms with van der Waals surface area (Å²) >= 11 is 1.17. The fourth-order valence-corrected chi connectivity index (χ4v) is 3.39. The molecule has 1 heterocycles. The molecule has 0 bridgehead atoms. The minimum atomic E-state index is -0.669. The van der Waals surface area contributed by atoms with E-state index in [0.717, 1.165) is 16.8 Å². The molecule has 0 aromatic heterocycles. The summed E-state index contributed by atoms with van der Waals surface area (Å²) in [6.07, 6.45) is 1.55. The molecule has 1 aliphatic rings. The highest BCUT2D eigenvalue weighted by Gasteiger charge is 2.24. The molecule has 3 rings (SSSR count). The van der Waals surface area contributed by atoms with Gasteiger partial charge in [0.2, 0.25) is 0 Å². The Morgan fingerprint density at radius 1 is 1.19 bits per heavy atom. The summed E-state index contributed by atoms with van der Waals surface area (Å²) in [4.78, 5) is 27.0. The number of nitrogens with one attached hydrogen (secondary N) is 1. The number of thioether (sulfide) groups is 1. The normalized spacial score (nSPS) is 16.9. The second kappa shape index (κ2) is 7.01. The lowest BCUT2D eigenvalue weighted by Crippen LogP contribution is -2.19. The maximum atomic E-state index is 12.1. The number of amides is 1. The minimum absolute atomic E-state index is 0.309. The standard InChI is InChI=1S/C18H15N3O4S/c1-10-5-11(2)7-13(6-10)19-18-20-17(23)16(26-18)9-12-3-4-14(21(24)25)15(22)8-12/h3-9,22H,1-2H3,(H,19,20,23)/b16-9-. The lowest BCUT2D eigenvalue weighted by atomic mass is 10.1. The van der Waals surface area contributed by atoms with Crippen molar-refractivity contribution in [3.63, 3.8) is 0 Å². The summed E-state index contributed by atoms with van der Waals surface area (Å²) in [5, 5.41) is 23.6. The SMILES string of the molecule is Cc1cc(C)cc(N=C2NC(=O)/C(=C/c3ccc([N+](=O)[O-])c(O)c3)S2)c1. The molecular formula is C18H15N3O4S. The molecule has 1 saturated heterocycles. The number of amidine groups is 1. The number of nitrogens with zero attached hydrogens (tertiary/aromatic N) is 2. The smallest absolute Gasteiger partial charge is 0.310 e. The summed E-state index contributed by atoms with van der Waals surface area (Å²) in [5.74, 6) is -0.757. The van der Waals surface area contributed by atoms with Crippen LogP contribution in [0.1, 0.15) is 16.7 Å². The Balaban J connectivity index is 1.85. The largest absolute Gasteiger partial charge is 0.502 e. The third kappa shape index (κ3) is 3.92. The quantitative estimate of drug-likeness (QED) is 0.486. The van der Waals surface area contributed by atoms with Crippen LogP contribution in [-0.4, -0.2) is 21.1 Å². The molecule has 26 heavy (non-hydrogen) atoms. The summed E-state index contributed by atoms with van der Waals surface area (Å²) in [7, 11) is 0. The maximum absolute atomic E-state index is 12.1. The van der Waals surface area contributed by atoms with Crippen molar-refractivity contribution in [1.29, 1.82) is 0 Å². The van der Waals surface area contributed by atoms with E-state index in [4.69, 9.17) is 0 Å². The molecule has 1 fully saturated rings. The number of nitro benzene ring substituents is 1. The number of benzene rings is 2. The van der Waals surface area contributed by atoms with Crippen molar-refractivity contribution in [2.45, 2.75) is 13.8 Å². The van der Waals surface area contributed by atoms with Crippen LogP contribution in [0.4, 0.5) is 11.4 Å². The number of phenols is 1. The van der Waals surface area contributed by atoms with Crippen LogP contribution in [0.2, 0.25) is 0 Å². The highest BCUT2D eigenvalue weighted by atomic mass is 32.2. The van der Waals surface area contributed by atoms with Gasteiger partial charge >= 0.3 is 5.69 Å². The van der Waals surface area contributed by atoms with Crippen molar-refractivity contribution in [3.05, 3.63) is 68.1 Å². The molecule has 2 N–H and O–H groups in total. The van der Waals surface area contributed by atoms with Gasteiger partial charge in [-0.25, -0.2) is 4.99 Å². The van der Waals surface area contributed by atoms with Gasteiger partial charge in [-0.1, -0.05) is 6.07 Å². The Morgan fingerprint density at radius 2 is 1.88 bits per heavy atom. The molecule has 0 radical (unpaired) electrons. The zero-order valence-corrected chi connectivity index (χ0v) is 14.8. The van der Waals surface area contributed by atoms with E-state index in [2.05, 4.69) is 10.3 Å². The van der Waals surface area contributed by atoms with Crippen LogP contribution in [0.5, 0.6) is 5.75 Å². The van der Waals surface area contributed by atoms with Crippen molar-refractivity contribution in [3.8, 4) is 5.75 Å². The van der Waals surface area contributed by atoms with Crippen LogP contribution < -0.4 is 5.32 Å². The molecule has 0 aliphatic carbocycles. The van der Waals surface area contributed by atoms with Crippen LogP contribution in [0, 0.1) is 24.0 Å². The van der Waals surface area contributed by atoms with E-state index in [0.29, 0.717) is 15.6 Å². The molecule has 2 aromatic rings. The monoisotopic (exact) mass is 369 g/mol.